The van der Waals surface area contributed by atoms with Gasteiger partial charge in [0.15, 0.2) is 5.58 Å². The van der Waals surface area contributed by atoms with Gasteiger partial charge >= 0.3 is 0 Å². The van der Waals surface area contributed by atoms with Crippen LogP contribution in [0.4, 0.5) is 0 Å². The molecular weight excluding hydrogens is 540 g/mol. The summed E-state index contributed by atoms with van der Waals surface area (Å²) in [5, 5.41) is 9.39. The van der Waals surface area contributed by atoms with E-state index in [1.54, 1.807) is 12.1 Å². The standard InChI is InChI=1S/C32H40N4O4.ClH/c37-29(32-36-25-13-7-8-14-28(25)40-32)26(16-15-22-9-3-1-4-10-22)34-31(39)27(21-23-11-5-2-6-12-23)35-30(38)24-17-19-33-20-18-24;/h1,3-4,7-10,13-14,23-24,26-27,33H,2,5-6,11-12,15-21H2,(H,34,39)(H,35,38);1H/t26-,27-;/m0./s1. The normalized spacial score (nSPS) is 17.8. The summed E-state index contributed by atoms with van der Waals surface area (Å²) in [6, 6.07) is 15.6. The summed E-state index contributed by atoms with van der Waals surface area (Å²) < 4.78 is 5.78. The topological polar surface area (TPSA) is 113 Å². The van der Waals surface area contributed by atoms with Crippen LogP contribution < -0.4 is 16.0 Å². The Morgan fingerprint density at radius 3 is 2.32 bits per heavy atom. The highest BCUT2D eigenvalue weighted by Gasteiger charge is 2.33. The van der Waals surface area contributed by atoms with Crippen molar-refractivity contribution >= 4 is 41.1 Å². The molecule has 9 heteroatoms. The lowest BCUT2D eigenvalue weighted by Crippen LogP contribution is -2.54. The third-order valence-electron chi connectivity index (χ3n) is 8.34. The van der Waals surface area contributed by atoms with Crippen LogP contribution in [0.1, 0.15) is 74.0 Å². The number of Topliss-reactive ketones (excluding diaryl/α,β-unsaturated/α-hetero) is 1. The number of hydrogen-bond acceptors (Lipinski definition) is 6. The smallest absolute Gasteiger partial charge is 0.266 e. The fourth-order valence-electron chi connectivity index (χ4n) is 5.98. The van der Waals surface area contributed by atoms with Gasteiger partial charge in [-0.3, -0.25) is 14.4 Å². The first-order valence-corrected chi connectivity index (χ1v) is 14.8. The summed E-state index contributed by atoms with van der Waals surface area (Å²) in [5.41, 5.74) is 2.21. The Labute approximate surface area is 247 Å². The molecule has 220 valence electrons. The fourth-order valence-corrected chi connectivity index (χ4v) is 5.98. The number of carbonyl (C=O) groups is 3. The predicted molar refractivity (Wildman–Crippen MR) is 161 cm³/mol. The van der Waals surface area contributed by atoms with E-state index in [2.05, 4.69) is 20.9 Å². The van der Waals surface area contributed by atoms with E-state index in [1.807, 2.05) is 42.5 Å². The highest BCUT2D eigenvalue weighted by molar-refractivity contribution is 6.01. The van der Waals surface area contributed by atoms with E-state index in [0.29, 0.717) is 36.3 Å². The Hall–Kier alpha value is -3.23. The van der Waals surface area contributed by atoms with Gasteiger partial charge in [-0.15, -0.1) is 12.4 Å². The Morgan fingerprint density at radius 2 is 1.59 bits per heavy atom. The summed E-state index contributed by atoms with van der Waals surface area (Å²) in [7, 11) is 0. The van der Waals surface area contributed by atoms with Crippen molar-refractivity contribution in [1.82, 2.24) is 20.9 Å². The number of fused-ring (bicyclic) bond motifs is 1. The van der Waals surface area contributed by atoms with Crippen molar-refractivity contribution in [2.75, 3.05) is 13.1 Å². The van der Waals surface area contributed by atoms with Crippen molar-refractivity contribution in [3.63, 3.8) is 0 Å². The minimum atomic E-state index is -0.828. The Balaban J connectivity index is 0.00000387. The van der Waals surface area contributed by atoms with Crippen molar-refractivity contribution in [3.05, 3.63) is 66.1 Å². The van der Waals surface area contributed by atoms with Crippen LogP contribution in [0.2, 0.25) is 0 Å². The number of piperidine rings is 1. The van der Waals surface area contributed by atoms with Crippen LogP contribution >= 0.6 is 12.4 Å². The first-order chi connectivity index (χ1) is 19.6. The molecule has 2 fully saturated rings. The van der Waals surface area contributed by atoms with Crippen molar-refractivity contribution in [2.45, 2.75) is 76.3 Å². The molecule has 1 saturated carbocycles. The highest BCUT2D eigenvalue weighted by atomic mass is 35.5. The second kappa shape index (κ2) is 15.1. The zero-order chi connectivity index (χ0) is 27.7. The number of nitrogens with one attached hydrogen (secondary N) is 3. The molecule has 2 aromatic carbocycles. The fraction of sp³-hybridized carbons (Fsp3) is 0.500. The molecule has 41 heavy (non-hydrogen) atoms. The van der Waals surface area contributed by atoms with E-state index in [1.165, 1.54) is 6.42 Å². The number of hydrogen-bond donors (Lipinski definition) is 3. The lowest BCUT2D eigenvalue weighted by Gasteiger charge is -2.30. The molecule has 2 aliphatic rings. The van der Waals surface area contributed by atoms with Gasteiger partial charge in [0.1, 0.15) is 11.6 Å². The third-order valence-corrected chi connectivity index (χ3v) is 8.34. The molecule has 0 unspecified atom stereocenters. The molecule has 1 aliphatic carbocycles. The number of benzene rings is 2. The molecule has 0 radical (unpaired) electrons. The van der Waals surface area contributed by atoms with Crippen LogP contribution in [0, 0.1) is 11.8 Å². The Kier molecular flexibility index (Phi) is 11.3. The number of aryl methyl sites for hydroxylation is 1. The van der Waals surface area contributed by atoms with Gasteiger partial charge in [0.05, 0.1) is 6.04 Å². The van der Waals surface area contributed by atoms with Gasteiger partial charge < -0.3 is 20.4 Å². The predicted octanol–water partition coefficient (Wildman–Crippen LogP) is 5.00. The van der Waals surface area contributed by atoms with Gasteiger partial charge in [0.2, 0.25) is 17.6 Å². The van der Waals surface area contributed by atoms with E-state index >= 15 is 0 Å². The molecular formula is C32H41ClN4O4. The number of carbonyl (C=O) groups excluding carboxylic acids is 3. The van der Waals surface area contributed by atoms with Gasteiger partial charge in [-0.2, -0.15) is 0 Å². The first-order valence-electron chi connectivity index (χ1n) is 14.8. The van der Waals surface area contributed by atoms with Crippen LogP contribution in [0.25, 0.3) is 11.1 Å². The second-order valence-electron chi connectivity index (χ2n) is 11.3. The molecule has 0 bridgehead atoms. The Morgan fingerprint density at radius 1 is 0.878 bits per heavy atom. The van der Waals surface area contributed by atoms with E-state index in [9.17, 15) is 14.4 Å². The van der Waals surface area contributed by atoms with Gasteiger partial charge in [-0.05, 0) is 68.8 Å². The largest absolute Gasteiger partial charge is 0.434 e. The molecule has 2 atom stereocenters. The average molecular weight is 581 g/mol. The molecule has 8 nitrogen and oxygen atoms in total. The molecule has 1 aromatic heterocycles. The van der Waals surface area contributed by atoms with E-state index < -0.39 is 12.1 Å². The van der Waals surface area contributed by atoms with Crippen LogP contribution in [0.5, 0.6) is 0 Å². The lowest BCUT2D eigenvalue weighted by molar-refractivity contribution is -0.132. The summed E-state index contributed by atoms with van der Waals surface area (Å²) in [6.07, 6.45) is 8.75. The summed E-state index contributed by atoms with van der Waals surface area (Å²) in [6.45, 7) is 1.61. The maximum absolute atomic E-state index is 13.8. The monoisotopic (exact) mass is 580 g/mol. The maximum atomic E-state index is 13.8. The lowest BCUT2D eigenvalue weighted by atomic mass is 9.84. The maximum Gasteiger partial charge on any atom is 0.266 e. The number of halogens is 1. The summed E-state index contributed by atoms with van der Waals surface area (Å²) >= 11 is 0. The van der Waals surface area contributed by atoms with E-state index in [-0.39, 0.29) is 41.8 Å². The number of oxazole rings is 1. The first kappa shape index (κ1) is 30.7. The number of nitrogens with zero attached hydrogens (tertiary/aromatic N) is 1. The van der Waals surface area contributed by atoms with Crippen molar-refractivity contribution in [1.29, 1.82) is 0 Å². The van der Waals surface area contributed by atoms with Gasteiger partial charge in [0.25, 0.3) is 5.89 Å². The van der Waals surface area contributed by atoms with E-state index in [0.717, 1.165) is 57.2 Å². The summed E-state index contributed by atoms with van der Waals surface area (Å²) in [4.78, 5) is 45.1. The zero-order valence-electron chi connectivity index (χ0n) is 23.5. The minimum absolute atomic E-state index is 0. The SMILES string of the molecule is Cl.O=C(N[C@@H](CC1CCCCC1)C(=O)N[C@@H](CCc1ccccc1)C(=O)c1nc2ccccc2o1)C1CCNCC1. The molecule has 3 aromatic rings. The van der Waals surface area contributed by atoms with Crippen molar-refractivity contribution in [3.8, 4) is 0 Å². The minimum Gasteiger partial charge on any atom is -0.434 e. The molecule has 3 N–H and O–H groups in total. The second-order valence-corrected chi connectivity index (χ2v) is 11.3. The third kappa shape index (κ3) is 8.39. The van der Waals surface area contributed by atoms with Crippen LogP contribution in [0.15, 0.2) is 59.0 Å². The zero-order valence-corrected chi connectivity index (χ0v) is 24.3. The van der Waals surface area contributed by atoms with Gasteiger partial charge in [-0.1, -0.05) is 74.6 Å². The summed E-state index contributed by atoms with van der Waals surface area (Å²) in [5.74, 6) is -0.464. The van der Waals surface area contributed by atoms with Crippen molar-refractivity contribution < 1.29 is 18.8 Å². The molecule has 1 saturated heterocycles. The van der Waals surface area contributed by atoms with Gasteiger partial charge in [-0.25, -0.2) is 4.98 Å². The Bertz CT molecular complexity index is 1250. The molecule has 2 heterocycles. The number of aromatic nitrogens is 1. The molecule has 1 aliphatic heterocycles. The van der Waals surface area contributed by atoms with Crippen LogP contribution in [0.3, 0.4) is 0 Å². The molecule has 0 spiro atoms. The van der Waals surface area contributed by atoms with Crippen LogP contribution in [-0.4, -0.2) is 47.8 Å². The number of rotatable bonds is 11. The van der Waals surface area contributed by atoms with E-state index in [4.69, 9.17) is 4.42 Å². The average Bonchev–Trinajstić information content (AvgIpc) is 3.44. The number of amides is 2. The van der Waals surface area contributed by atoms with Crippen LogP contribution in [-0.2, 0) is 16.0 Å². The van der Waals surface area contributed by atoms with Gasteiger partial charge in [0, 0.05) is 5.92 Å². The molecule has 5 rings (SSSR count). The highest BCUT2D eigenvalue weighted by Crippen LogP contribution is 2.28. The number of ketones is 1. The van der Waals surface area contributed by atoms with Crippen molar-refractivity contribution in [2.24, 2.45) is 11.8 Å². The quantitative estimate of drug-likeness (QED) is 0.275. The number of para-hydroxylation sites is 2. The molecule has 2 amide bonds.